The van der Waals surface area contributed by atoms with Crippen molar-refractivity contribution in [1.82, 2.24) is 19.8 Å². The van der Waals surface area contributed by atoms with Gasteiger partial charge in [0, 0.05) is 31.2 Å². The standard InChI is InChI=1S/C16H22N4O2.3C2H6/c1-11(21)5-6-13-9-12-10-14(18-15(12)17-13)16(22)20(4)8-7-19(2)3;3*1-2/h5-6,9-10,17-18H,7-8H2,1-4H3;3*1-2H3/b6-5+;;;. The van der Waals surface area contributed by atoms with Crippen molar-refractivity contribution in [3.8, 4) is 0 Å². The van der Waals surface area contributed by atoms with Crippen LogP contribution < -0.4 is 0 Å². The highest BCUT2D eigenvalue weighted by atomic mass is 16.2. The molecule has 0 fully saturated rings. The summed E-state index contributed by atoms with van der Waals surface area (Å²) in [5, 5.41) is 0.924. The van der Waals surface area contributed by atoms with E-state index >= 15 is 0 Å². The summed E-state index contributed by atoms with van der Waals surface area (Å²) in [4.78, 5) is 33.2. The van der Waals surface area contributed by atoms with Gasteiger partial charge in [-0.3, -0.25) is 9.59 Å². The third kappa shape index (κ3) is 9.55. The molecular weight excluding hydrogens is 352 g/mol. The van der Waals surface area contributed by atoms with Crippen molar-refractivity contribution in [2.75, 3.05) is 34.2 Å². The van der Waals surface area contributed by atoms with Crippen LogP contribution in [0.15, 0.2) is 18.2 Å². The van der Waals surface area contributed by atoms with Crippen molar-refractivity contribution >= 4 is 28.8 Å². The quantitative estimate of drug-likeness (QED) is 0.693. The minimum atomic E-state index is -0.0349. The molecule has 0 aromatic carbocycles. The molecule has 0 unspecified atom stereocenters. The van der Waals surface area contributed by atoms with Gasteiger partial charge in [-0.05, 0) is 45.3 Å². The second kappa shape index (κ2) is 15.7. The number of carbonyl (C=O) groups is 2. The molecule has 1 amide bonds. The number of carbonyl (C=O) groups excluding carboxylic acids is 2. The minimum absolute atomic E-state index is 0.00311. The molecule has 2 aromatic rings. The molecule has 2 heterocycles. The van der Waals surface area contributed by atoms with E-state index in [0.717, 1.165) is 23.3 Å². The molecule has 2 aromatic heterocycles. The Balaban J connectivity index is 0. The molecule has 6 nitrogen and oxygen atoms in total. The molecule has 28 heavy (non-hydrogen) atoms. The monoisotopic (exact) mass is 392 g/mol. The van der Waals surface area contributed by atoms with Gasteiger partial charge in [-0.2, -0.15) is 0 Å². The summed E-state index contributed by atoms with van der Waals surface area (Å²) in [6, 6.07) is 3.73. The number of likely N-dealkylation sites (N-methyl/N-ethyl adjacent to an activating group) is 2. The zero-order chi connectivity index (χ0) is 22.3. The fraction of sp³-hybridized carbons (Fsp3) is 0.545. The average Bonchev–Trinajstić information content (AvgIpc) is 3.27. The molecule has 160 valence electrons. The van der Waals surface area contributed by atoms with Gasteiger partial charge in [0.05, 0.1) is 0 Å². The van der Waals surface area contributed by atoms with Gasteiger partial charge in [-0.15, -0.1) is 0 Å². The highest BCUT2D eigenvalue weighted by molar-refractivity contribution is 5.98. The number of fused-ring (bicyclic) bond motifs is 1. The number of aromatic amines is 2. The Morgan fingerprint density at radius 1 is 0.929 bits per heavy atom. The Morgan fingerprint density at radius 3 is 1.96 bits per heavy atom. The average molecular weight is 393 g/mol. The van der Waals surface area contributed by atoms with Gasteiger partial charge in [0.1, 0.15) is 11.3 Å². The molecule has 0 radical (unpaired) electrons. The second-order valence-corrected chi connectivity index (χ2v) is 5.71. The Morgan fingerprint density at radius 2 is 1.50 bits per heavy atom. The maximum atomic E-state index is 12.3. The number of allylic oxidation sites excluding steroid dienone is 1. The van der Waals surface area contributed by atoms with Crippen molar-refractivity contribution in [1.29, 1.82) is 0 Å². The third-order valence-electron chi connectivity index (χ3n) is 3.39. The molecule has 0 atom stereocenters. The maximum absolute atomic E-state index is 12.3. The molecule has 0 bridgehead atoms. The van der Waals surface area contributed by atoms with E-state index in [9.17, 15) is 9.59 Å². The zero-order valence-corrected chi connectivity index (χ0v) is 19.4. The first-order valence-electron chi connectivity index (χ1n) is 10.2. The van der Waals surface area contributed by atoms with E-state index in [0.29, 0.717) is 12.2 Å². The second-order valence-electron chi connectivity index (χ2n) is 5.71. The highest BCUT2D eigenvalue weighted by Crippen LogP contribution is 2.18. The largest absolute Gasteiger partial charge is 0.341 e. The van der Waals surface area contributed by atoms with Crippen molar-refractivity contribution in [3.05, 3.63) is 29.6 Å². The predicted octanol–water partition coefficient (Wildman–Crippen LogP) is 4.81. The molecule has 0 aliphatic carbocycles. The molecule has 0 aliphatic heterocycles. The molecule has 2 rings (SSSR count). The first-order chi connectivity index (χ1) is 13.4. The predicted molar refractivity (Wildman–Crippen MR) is 122 cm³/mol. The van der Waals surface area contributed by atoms with Gasteiger partial charge in [0.25, 0.3) is 5.91 Å². The highest BCUT2D eigenvalue weighted by Gasteiger charge is 2.15. The van der Waals surface area contributed by atoms with Crippen LogP contribution in [0, 0.1) is 0 Å². The summed E-state index contributed by atoms with van der Waals surface area (Å²) < 4.78 is 0. The lowest BCUT2D eigenvalue weighted by Crippen LogP contribution is -2.33. The van der Waals surface area contributed by atoms with Crippen LogP contribution in [0.25, 0.3) is 17.1 Å². The smallest absolute Gasteiger partial charge is 0.270 e. The summed E-state index contributed by atoms with van der Waals surface area (Å²) >= 11 is 0. The van der Waals surface area contributed by atoms with E-state index in [1.54, 1.807) is 18.0 Å². The topological polar surface area (TPSA) is 72.2 Å². The number of nitrogens with zero attached hydrogens (tertiary/aromatic N) is 2. The molecule has 0 aliphatic rings. The third-order valence-corrected chi connectivity index (χ3v) is 3.39. The van der Waals surface area contributed by atoms with E-state index in [-0.39, 0.29) is 11.7 Å². The van der Waals surface area contributed by atoms with Crippen LogP contribution in [-0.4, -0.2) is 65.7 Å². The Bertz CT molecular complexity index is 680. The Kier molecular flexibility index (Phi) is 15.6. The number of H-pyrrole nitrogens is 2. The Labute approximate surface area is 171 Å². The summed E-state index contributed by atoms with van der Waals surface area (Å²) in [5.41, 5.74) is 2.17. The lowest BCUT2D eigenvalue weighted by Gasteiger charge is -2.18. The molecule has 2 N–H and O–H groups in total. The number of rotatable bonds is 6. The van der Waals surface area contributed by atoms with E-state index < -0.39 is 0 Å². The van der Waals surface area contributed by atoms with Crippen LogP contribution in [-0.2, 0) is 4.79 Å². The number of hydrogen-bond acceptors (Lipinski definition) is 3. The molecule has 0 spiro atoms. The van der Waals surface area contributed by atoms with E-state index in [1.165, 1.54) is 13.0 Å². The van der Waals surface area contributed by atoms with Crippen LogP contribution in [0.5, 0.6) is 0 Å². The number of amides is 1. The Hall–Kier alpha value is -2.34. The van der Waals surface area contributed by atoms with Crippen LogP contribution >= 0.6 is 0 Å². The molecular formula is C22H40N4O2. The SMILES string of the molecule is CC.CC.CC.CC(=O)/C=C/c1cc2cc(C(=O)N(C)CCN(C)C)[nH]c2[nH]1. The van der Waals surface area contributed by atoms with Crippen molar-refractivity contribution in [2.45, 2.75) is 48.5 Å². The fourth-order valence-corrected chi connectivity index (χ4v) is 2.11. The number of ketones is 1. The fourth-order valence-electron chi connectivity index (χ4n) is 2.11. The van der Waals surface area contributed by atoms with Crippen LogP contribution in [0.2, 0.25) is 0 Å². The lowest BCUT2D eigenvalue weighted by atomic mass is 10.3. The number of hydrogen-bond donors (Lipinski definition) is 2. The minimum Gasteiger partial charge on any atom is -0.341 e. The van der Waals surface area contributed by atoms with E-state index in [2.05, 4.69) is 9.97 Å². The first-order valence-corrected chi connectivity index (χ1v) is 10.2. The first kappa shape index (κ1) is 27.9. The van der Waals surface area contributed by atoms with Gasteiger partial charge < -0.3 is 19.8 Å². The van der Waals surface area contributed by atoms with Crippen molar-refractivity contribution in [2.24, 2.45) is 0 Å². The normalized spacial score (nSPS) is 9.82. The maximum Gasteiger partial charge on any atom is 0.270 e. The van der Waals surface area contributed by atoms with Crippen molar-refractivity contribution < 1.29 is 9.59 Å². The van der Waals surface area contributed by atoms with Crippen LogP contribution in [0.4, 0.5) is 0 Å². The zero-order valence-electron chi connectivity index (χ0n) is 19.4. The summed E-state index contributed by atoms with van der Waals surface area (Å²) in [7, 11) is 5.75. The van der Waals surface area contributed by atoms with Crippen molar-refractivity contribution in [3.63, 3.8) is 0 Å². The van der Waals surface area contributed by atoms with E-state index in [1.807, 2.05) is 72.7 Å². The number of aromatic nitrogens is 2. The van der Waals surface area contributed by atoms with Gasteiger partial charge in [-0.25, -0.2) is 0 Å². The molecule has 0 saturated carbocycles. The lowest BCUT2D eigenvalue weighted by molar-refractivity contribution is -0.112. The summed E-state index contributed by atoms with van der Waals surface area (Å²) in [6.07, 6.45) is 3.23. The van der Waals surface area contributed by atoms with Crippen LogP contribution in [0.1, 0.15) is 64.6 Å². The molecule has 6 heteroatoms. The summed E-state index contributed by atoms with van der Waals surface area (Å²) in [5.74, 6) is -0.0380. The van der Waals surface area contributed by atoms with Gasteiger partial charge in [0.15, 0.2) is 5.78 Å². The van der Waals surface area contributed by atoms with Gasteiger partial charge in [-0.1, -0.05) is 41.5 Å². The van der Waals surface area contributed by atoms with Gasteiger partial charge >= 0.3 is 0 Å². The van der Waals surface area contributed by atoms with E-state index in [4.69, 9.17) is 0 Å². The van der Waals surface area contributed by atoms with Gasteiger partial charge in [0.2, 0.25) is 0 Å². The summed E-state index contributed by atoms with van der Waals surface area (Å²) in [6.45, 7) is 15.0. The molecule has 0 saturated heterocycles. The number of nitrogens with one attached hydrogen (secondary N) is 2. The van der Waals surface area contributed by atoms with Crippen LogP contribution in [0.3, 0.4) is 0 Å².